The lowest BCUT2D eigenvalue weighted by molar-refractivity contribution is 0.102. The third kappa shape index (κ3) is 5.30. The number of halogens is 1. The summed E-state index contributed by atoms with van der Waals surface area (Å²) in [5.41, 5.74) is 3.97. The van der Waals surface area contributed by atoms with Gasteiger partial charge in [-0.15, -0.1) is 22.7 Å². The molecule has 198 valence electrons. The molecule has 0 radical (unpaired) electrons. The van der Waals surface area contributed by atoms with Crippen molar-refractivity contribution in [2.45, 2.75) is 17.9 Å². The summed E-state index contributed by atoms with van der Waals surface area (Å²) in [5, 5.41) is 5.26. The lowest BCUT2D eigenvalue weighted by atomic mass is 10.0. The second-order valence-corrected chi connectivity index (χ2v) is 13.5. The number of amides is 1. The highest BCUT2D eigenvalue weighted by atomic mass is 35.5. The van der Waals surface area contributed by atoms with Crippen molar-refractivity contribution < 1.29 is 13.2 Å². The highest BCUT2D eigenvalue weighted by Gasteiger charge is 2.27. The molecule has 1 amide bonds. The predicted molar refractivity (Wildman–Crippen MR) is 160 cm³/mol. The summed E-state index contributed by atoms with van der Waals surface area (Å²) in [4.78, 5) is 21.8. The lowest BCUT2D eigenvalue weighted by Crippen LogP contribution is -2.25. The van der Waals surface area contributed by atoms with Crippen molar-refractivity contribution in [3.05, 3.63) is 93.8 Å². The Balaban J connectivity index is 1.26. The van der Waals surface area contributed by atoms with Crippen LogP contribution in [0.5, 0.6) is 0 Å². The van der Waals surface area contributed by atoms with E-state index in [0.717, 1.165) is 45.3 Å². The Kier molecular flexibility index (Phi) is 6.90. The molecular weight excluding hydrogens is 572 g/mol. The average molecular weight is 595 g/mol. The van der Waals surface area contributed by atoms with E-state index >= 15 is 0 Å². The number of anilines is 2. The maximum absolute atomic E-state index is 13.3. The van der Waals surface area contributed by atoms with Crippen molar-refractivity contribution in [3.63, 3.8) is 0 Å². The summed E-state index contributed by atoms with van der Waals surface area (Å²) in [7, 11) is -1.68. The molecule has 0 unspecified atom stereocenters. The molecule has 3 aromatic carbocycles. The van der Waals surface area contributed by atoms with Gasteiger partial charge in [0.1, 0.15) is 10.0 Å². The number of thiophene rings is 1. The van der Waals surface area contributed by atoms with Gasteiger partial charge in [-0.05, 0) is 79.7 Å². The number of rotatable bonds is 6. The summed E-state index contributed by atoms with van der Waals surface area (Å²) < 4.78 is 29.0. The molecule has 39 heavy (non-hydrogen) atoms. The number of carbonyl (C=O) groups excluding carboxylic acids is 1. The quantitative estimate of drug-likeness (QED) is 0.228. The molecule has 0 saturated carbocycles. The summed E-state index contributed by atoms with van der Waals surface area (Å²) in [5.74, 6) is -0.267. The molecule has 6 rings (SSSR count). The number of nitrogens with zero attached hydrogens (tertiary/aromatic N) is 2. The van der Waals surface area contributed by atoms with Crippen LogP contribution in [0.3, 0.4) is 0 Å². The SMILES string of the molecule is CN1CCc2c(sc(NC(=O)c3ccc(NS(=O)(=O)c4ccc(Cl)cc4)cc3)c2-c2nc3ccccc3s2)C1. The zero-order chi connectivity index (χ0) is 27.1. The van der Waals surface area contributed by atoms with E-state index < -0.39 is 10.0 Å². The minimum atomic E-state index is -3.78. The molecule has 5 aromatic rings. The van der Waals surface area contributed by atoms with Crippen LogP contribution in [0.1, 0.15) is 20.8 Å². The van der Waals surface area contributed by atoms with E-state index in [2.05, 4.69) is 28.1 Å². The lowest BCUT2D eigenvalue weighted by Gasteiger charge is -2.22. The first-order chi connectivity index (χ1) is 18.8. The Labute approximate surface area is 239 Å². The number of hydrogen-bond acceptors (Lipinski definition) is 7. The zero-order valence-electron chi connectivity index (χ0n) is 20.8. The van der Waals surface area contributed by atoms with Crippen LogP contribution in [0, 0.1) is 0 Å². The topological polar surface area (TPSA) is 91.4 Å². The molecule has 1 aliphatic heterocycles. The highest BCUT2D eigenvalue weighted by molar-refractivity contribution is 7.92. The zero-order valence-corrected chi connectivity index (χ0v) is 24.0. The maximum Gasteiger partial charge on any atom is 0.261 e. The molecule has 0 bridgehead atoms. The number of carbonyl (C=O) groups is 1. The fraction of sp³-hybridized carbons (Fsp3) is 0.143. The van der Waals surface area contributed by atoms with E-state index in [1.807, 2.05) is 18.2 Å². The second-order valence-electron chi connectivity index (χ2n) is 9.27. The van der Waals surface area contributed by atoms with Crippen molar-refractivity contribution in [1.82, 2.24) is 9.88 Å². The molecule has 2 aromatic heterocycles. The summed E-state index contributed by atoms with van der Waals surface area (Å²) in [6.45, 7) is 1.78. The molecule has 7 nitrogen and oxygen atoms in total. The molecule has 1 aliphatic rings. The molecule has 0 atom stereocenters. The standard InChI is InChI=1S/C28H23ClN4O3S3/c1-33-15-14-21-24(16-33)38-28(25(21)27-30-22-4-2-3-5-23(22)37-27)31-26(34)17-6-10-19(11-7-17)32-39(35,36)20-12-8-18(29)9-13-20/h2-13,32H,14-16H2,1H3,(H,31,34). The number of aromatic nitrogens is 1. The fourth-order valence-corrected chi connectivity index (χ4v) is 8.14. The van der Waals surface area contributed by atoms with E-state index in [4.69, 9.17) is 16.6 Å². The number of nitrogens with one attached hydrogen (secondary N) is 2. The number of thiazole rings is 1. The number of sulfonamides is 1. The molecule has 3 heterocycles. The predicted octanol–water partition coefficient (Wildman–Crippen LogP) is 6.72. The van der Waals surface area contributed by atoms with Gasteiger partial charge in [0.05, 0.1) is 15.1 Å². The molecule has 0 aliphatic carbocycles. The third-order valence-electron chi connectivity index (χ3n) is 6.51. The van der Waals surface area contributed by atoms with Gasteiger partial charge < -0.3 is 10.2 Å². The van der Waals surface area contributed by atoms with Crippen molar-refractivity contribution in [1.29, 1.82) is 0 Å². The van der Waals surface area contributed by atoms with Crippen LogP contribution in [-0.4, -0.2) is 37.8 Å². The Hall–Kier alpha value is -3.28. The van der Waals surface area contributed by atoms with Gasteiger partial charge in [-0.3, -0.25) is 9.52 Å². The van der Waals surface area contributed by atoms with Gasteiger partial charge in [-0.25, -0.2) is 13.4 Å². The van der Waals surface area contributed by atoms with Crippen LogP contribution < -0.4 is 10.0 Å². The molecule has 0 saturated heterocycles. The number of likely N-dealkylation sites (N-methyl/N-ethyl adjacent to an activating group) is 1. The van der Waals surface area contributed by atoms with Crippen LogP contribution in [0.4, 0.5) is 10.7 Å². The van der Waals surface area contributed by atoms with E-state index in [1.165, 1.54) is 34.7 Å². The average Bonchev–Trinajstić information content (AvgIpc) is 3.49. The molecule has 11 heteroatoms. The van der Waals surface area contributed by atoms with Crippen molar-refractivity contribution >= 4 is 71.1 Å². The molecular formula is C28H23ClN4O3S3. The minimum Gasteiger partial charge on any atom is -0.313 e. The van der Waals surface area contributed by atoms with Gasteiger partial charge in [-0.2, -0.15) is 0 Å². The van der Waals surface area contributed by atoms with Crippen LogP contribution in [0.2, 0.25) is 5.02 Å². The Morgan fingerprint density at radius 2 is 1.74 bits per heavy atom. The van der Waals surface area contributed by atoms with E-state index in [0.29, 0.717) is 16.3 Å². The van der Waals surface area contributed by atoms with E-state index in [9.17, 15) is 13.2 Å². The van der Waals surface area contributed by atoms with Crippen LogP contribution in [-0.2, 0) is 23.0 Å². The van der Waals surface area contributed by atoms with Crippen LogP contribution >= 0.6 is 34.3 Å². The maximum atomic E-state index is 13.3. The Bertz CT molecular complexity index is 1760. The van der Waals surface area contributed by atoms with Gasteiger partial charge >= 0.3 is 0 Å². The smallest absolute Gasteiger partial charge is 0.261 e. The summed E-state index contributed by atoms with van der Waals surface area (Å²) in [6.07, 6.45) is 0.895. The van der Waals surface area contributed by atoms with Gasteiger partial charge in [-0.1, -0.05) is 23.7 Å². The normalized spacial score (nSPS) is 13.8. The largest absolute Gasteiger partial charge is 0.313 e. The summed E-state index contributed by atoms with van der Waals surface area (Å²) >= 11 is 9.09. The van der Waals surface area contributed by atoms with Gasteiger partial charge in [0.25, 0.3) is 15.9 Å². The Morgan fingerprint density at radius 1 is 1.00 bits per heavy atom. The third-order valence-corrected chi connectivity index (χ3v) is 10.3. The van der Waals surface area contributed by atoms with E-state index in [-0.39, 0.29) is 10.8 Å². The first-order valence-electron chi connectivity index (χ1n) is 12.2. The number of benzene rings is 3. The van der Waals surface area contributed by atoms with Crippen LogP contribution in [0.25, 0.3) is 20.8 Å². The van der Waals surface area contributed by atoms with Gasteiger partial charge in [0, 0.05) is 39.8 Å². The van der Waals surface area contributed by atoms with Crippen LogP contribution in [0.15, 0.2) is 77.7 Å². The van der Waals surface area contributed by atoms with Gasteiger partial charge in [0.15, 0.2) is 0 Å². The monoisotopic (exact) mass is 594 g/mol. The Morgan fingerprint density at radius 3 is 2.49 bits per heavy atom. The fourth-order valence-electron chi connectivity index (χ4n) is 4.52. The first kappa shape index (κ1) is 26.0. The molecule has 0 fully saturated rings. The number of fused-ring (bicyclic) bond motifs is 2. The molecule has 2 N–H and O–H groups in total. The first-order valence-corrected chi connectivity index (χ1v) is 15.6. The highest BCUT2D eigenvalue weighted by Crippen LogP contribution is 2.45. The van der Waals surface area contributed by atoms with E-state index in [1.54, 1.807) is 46.9 Å². The van der Waals surface area contributed by atoms with Gasteiger partial charge in [0.2, 0.25) is 0 Å². The molecule has 0 spiro atoms. The number of hydrogen-bond donors (Lipinski definition) is 2. The van der Waals surface area contributed by atoms with Crippen molar-refractivity contribution in [2.24, 2.45) is 0 Å². The minimum absolute atomic E-state index is 0.100. The number of para-hydroxylation sites is 1. The summed E-state index contributed by atoms with van der Waals surface area (Å²) in [6, 6.07) is 20.3. The van der Waals surface area contributed by atoms with Crippen molar-refractivity contribution in [3.8, 4) is 10.6 Å². The van der Waals surface area contributed by atoms with Crippen molar-refractivity contribution in [2.75, 3.05) is 23.6 Å². The second kappa shape index (κ2) is 10.4.